The topological polar surface area (TPSA) is 46.5 Å². The maximum Gasteiger partial charge on any atom is 0.338 e. The zero-order valence-electron chi connectivity index (χ0n) is 15.6. The predicted octanol–water partition coefficient (Wildman–Crippen LogP) is 4.59. The number of carbonyl (C=O) groups is 1. The lowest BCUT2D eigenvalue weighted by atomic mass is 9.49. The Morgan fingerprint density at radius 1 is 1.12 bits per heavy atom. The van der Waals surface area contributed by atoms with Crippen LogP contribution >= 0.6 is 0 Å². The van der Waals surface area contributed by atoms with Crippen LogP contribution in [-0.4, -0.2) is 23.3 Å². The molecule has 1 spiro atoms. The van der Waals surface area contributed by atoms with Crippen molar-refractivity contribution in [1.82, 2.24) is 0 Å². The lowest BCUT2D eigenvalue weighted by Crippen LogP contribution is -2.52. The van der Waals surface area contributed by atoms with Crippen LogP contribution in [0.5, 0.6) is 0 Å². The molecule has 136 valence electrons. The fraction of sp³-hybridized carbons (Fsp3) is 0.682. The van der Waals surface area contributed by atoms with Crippen molar-refractivity contribution in [2.75, 3.05) is 0 Å². The monoisotopic (exact) mass is 342 g/mol. The average Bonchev–Trinajstić information content (AvgIpc) is 2.73. The summed E-state index contributed by atoms with van der Waals surface area (Å²) in [7, 11) is 0. The SMILES string of the molecule is CC1(C)[C@H]2[C@H](O)C[C@]3(C)CCC[C@]2(C[C@H]1OC(=O)c1ccccc1)C3. The van der Waals surface area contributed by atoms with Gasteiger partial charge in [0.15, 0.2) is 0 Å². The summed E-state index contributed by atoms with van der Waals surface area (Å²) in [6.45, 7) is 6.72. The van der Waals surface area contributed by atoms with Gasteiger partial charge in [0.25, 0.3) is 0 Å². The highest BCUT2D eigenvalue weighted by Gasteiger charge is 2.66. The molecule has 1 aromatic carbocycles. The first-order valence-corrected chi connectivity index (χ1v) is 9.70. The first kappa shape index (κ1) is 17.1. The van der Waals surface area contributed by atoms with Gasteiger partial charge in [-0.1, -0.05) is 45.4 Å². The summed E-state index contributed by atoms with van der Waals surface area (Å²) in [5.41, 5.74) is 0.806. The summed E-state index contributed by atoms with van der Waals surface area (Å²) in [6, 6.07) is 9.25. The Bertz CT molecular complexity index is 667. The Kier molecular flexibility index (Phi) is 3.81. The highest BCUT2D eigenvalue weighted by Crippen LogP contribution is 2.69. The lowest BCUT2D eigenvalue weighted by Gasteiger charge is -2.56. The number of hydrogen-bond donors (Lipinski definition) is 1. The van der Waals surface area contributed by atoms with E-state index < -0.39 is 0 Å². The zero-order valence-corrected chi connectivity index (χ0v) is 15.6. The molecule has 5 atom stereocenters. The Balaban J connectivity index is 1.62. The minimum Gasteiger partial charge on any atom is -0.458 e. The highest BCUT2D eigenvalue weighted by molar-refractivity contribution is 5.89. The summed E-state index contributed by atoms with van der Waals surface area (Å²) >= 11 is 0. The number of hydrogen-bond acceptors (Lipinski definition) is 3. The number of rotatable bonds is 2. The van der Waals surface area contributed by atoms with Crippen LogP contribution in [0.4, 0.5) is 0 Å². The number of benzene rings is 1. The lowest BCUT2D eigenvalue weighted by molar-refractivity contribution is -0.126. The number of carbonyl (C=O) groups excluding carboxylic acids is 1. The normalized spacial score (nSPS) is 41.8. The Morgan fingerprint density at radius 2 is 1.84 bits per heavy atom. The van der Waals surface area contributed by atoms with E-state index in [1.807, 2.05) is 30.3 Å². The van der Waals surface area contributed by atoms with Gasteiger partial charge >= 0.3 is 5.97 Å². The number of ether oxygens (including phenoxy) is 1. The molecule has 4 rings (SSSR count). The summed E-state index contributed by atoms with van der Waals surface area (Å²) in [6.07, 6.45) is 6.16. The molecule has 3 nitrogen and oxygen atoms in total. The number of fused-ring (bicyclic) bond motifs is 1. The Labute approximate surface area is 150 Å². The van der Waals surface area contributed by atoms with E-state index >= 15 is 0 Å². The molecule has 1 N–H and O–H groups in total. The van der Waals surface area contributed by atoms with Crippen molar-refractivity contribution in [3.8, 4) is 0 Å². The predicted molar refractivity (Wildman–Crippen MR) is 97.2 cm³/mol. The molecular formula is C22H30O3. The molecular weight excluding hydrogens is 312 g/mol. The molecule has 0 saturated heterocycles. The molecule has 0 aliphatic heterocycles. The van der Waals surface area contributed by atoms with Gasteiger partial charge in [-0.3, -0.25) is 0 Å². The van der Waals surface area contributed by atoms with Gasteiger partial charge in [0.1, 0.15) is 6.10 Å². The highest BCUT2D eigenvalue weighted by atomic mass is 16.5. The summed E-state index contributed by atoms with van der Waals surface area (Å²) in [5, 5.41) is 11.0. The van der Waals surface area contributed by atoms with Gasteiger partial charge in [-0.05, 0) is 61.0 Å². The molecule has 3 aliphatic rings. The first-order valence-electron chi connectivity index (χ1n) is 9.70. The van der Waals surface area contributed by atoms with Gasteiger partial charge in [-0.2, -0.15) is 0 Å². The zero-order chi connectivity index (χ0) is 17.9. The third kappa shape index (κ3) is 2.63. The molecule has 3 aliphatic carbocycles. The van der Waals surface area contributed by atoms with Crippen LogP contribution in [0.3, 0.4) is 0 Å². The first-order chi connectivity index (χ1) is 11.8. The van der Waals surface area contributed by atoms with Crippen molar-refractivity contribution in [3.05, 3.63) is 35.9 Å². The van der Waals surface area contributed by atoms with Crippen molar-refractivity contribution >= 4 is 5.97 Å². The molecule has 3 saturated carbocycles. The summed E-state index contributed by atoms with van der Waals surface area (Å²) < 4.78 is 6.02. The van der Waals surface area contributed by atoms with Crippen molar-refractivity contribution in [2.24, 2.45) is 22.2 Å². The second kappa shape index (κ2) is 5.57. The van der Waals surface area contributed by atoms with Gasteiger partial charge in [0.05, 0.1) is 11.7 Å². The standard InChI is InChI=1S/C22H30O3/c1-20(2)17(25-19(24)15-8-5-4-6-9-15)13-22-11-7-10-21(3,14-22)12-16(23)18(20)22/h4-6,8-9,16-18,23H,7,10-14H2,1-3H3/t16-,17-,18-,21+,22+/m1/s1. The number of esters is 1. The van der Waals surface area contributed by atoms with E-state index in [0.717, 1.165) is 19.3 Å². The van der Waals surface area contributed by atoms with E-state index in [9.17, 15) is 9.90 Å². The van der Waals surface area contributed by atoms with Crippen molar-refractivity contribution in [2.45, 2.75) is 71.5 Å². The van der Waals surface area contributed by atoms with Crippen LogP contribution in [0.2, 0.25) is 0 Å². The molecule has 0 aromatic heterocycles. The van der Waals surface area contributed by atoms with E-state index in [0.29, 0.717) is 5.56 Å². The summed E-state index contributed by atoms with van der Waals surface area (Å²) in [5.74, 6) is -0.0104. The van der Waals surface area contributed by atoms with Crippen molar-refractivity contribution < 1.29 is 14.6 Å². The Morgan fingerprint density at radius 3 is 2.56 bits per heavy atom. The molecule has 0 amide bonds. The Hall–Kier alpha value is -1.35. The van der Waals surface area contributed by atoms with E-state index in [2.05, 4.69) is 20.8 Å². The molecule has 3 fully saturated rings. The van der Waals surface area contributed by atoms with Gasteiger partial charge in [-0.15, -0.1) is 0 Å². The number of aliphatic hydroxyl groups excluding tert-OH is 1. The van der Waals surface area contributed by atoms with E-state index in [1.165, 1.54) is 19.3 Å². The van der Waals surface area contributed by atoms with Crippen LogP contribution in [0.15, 0.2) is 30.3 Å². The molecule has 3 heteroatoms. The third-order valence-corrected chi connectivity index (χ3v) is 7.46. The molecule has 0 unspecified atom stereocenters. The van der Waals surface area contributed by atoms with Crippen LogP contribution < -0.4 is 0 Å². The van der Waals surface area contributed by atoms with Gasteiger partial charge in [0, 0.05) is 5.41 Å². The molecule has 2 bridgehead atoms. The minimum atomic E-state index is -0.283. The van der Waals surface area contributed by atoms with Crippen LogP contribution in [-0.2, 0) is 4.74 Å². The quantitative estimate of drug-likeness (QED) is 0.800. The molecule has 0 heterocycles. The van der Waals surface area contributed by atoms with Gasteiger partial charge in [-0.25, -0.2) is 4.79 Å². The minimum absolute atomic E-state index is 0.125. The maximum absolute atomic E-state index is 12.6. The molecule has 0 radical (unpaired) electrons. The molecule has 25 heavy (non-hydrogen) atoms. The van der Waals surface area contributed by atoms with E-state index in [-0.39, 0.29) is 40.3 Å². The fourth-order valence-corrected chi connectivity index (χ4v) is 6.75. The largest absolute Gasteiger partial charge is 0.458 e. The smallest absolute Gasteiger partial charge is 0.338 e. The van der Waals surface area contributed by atoms with Crippen LogP contribution in [0.1, 0.15) is 69.7 Å². The van der Waals surface area contributed by atoms with E-state index in [4.69, 9.17) is 4.74 Å². The van der Waals surface area contributed by atoms with Gasteiger partial charge in [0.2, 0.25) is 0 Å². The van der Waals surface area contributed by atoms with Crippen LogP contribution in [0.25, 0.3) is 0 Å². The average molecular weight is 342 g/mol. The van der Waals surface area contributed by atoms with Crippen LogP contribution in [0, 0.1) is 22.2 Å². The van der Waals surface area contributed by atoms with Crippen molar-refractivity contribution in [3.63, 3.8) is 0 Å². The van der Waals surface area contributed by atoms with Gasteiger partial charge < -0.3 is 9.84 Å². The number of aliphatic hydroxyl groups is 1. The second-order valence-electron chi connectivity index (χ2n) is 9.74. The maximum atomic E-state index is 12.6. The summed E-state index contributed by atoms with van der Waals surface area (Å²) in [4.78, 5) is 12.6. The molecule has 1 aromatic rings. The second-order valence-corrected chi connectivity index (χ2v) is 9.74. The fourth-order valence-electron chi connectivity index (χ4n) is 6.75. The van der Waals surface area contributed by atoms with Crippen molar-refractivity contribution in [1.29, 1.82) is 0 Å². The third-order valence-electron chi connectivity index (χ3n) is 7.46. The van der Waals surface area contributed by atoms with E-state index in [1.54, 1.807) is 0 Å².